The van der Waals surface area contributed by atoms with Crippen molar-refractivity contribution in [2.45, 2.75) is 6.92 Å². The van der Waals surface area contributed by atoms with Gasteiger partial charge in [0.15, 0.2) is 0 Å². The highest BCUT2D eigenvalue weighted by atomic mass is 16.5. The fraction of sp³-hybridized carbons (Fsp3) is 0.444. The van der Waals surface area contributed by atoms with E-state index in [1.165, 1.54) is 0 Å². The van der Waals surface area contributed by atoms with E-state index in [0.717, 1.165) is 50.0 Å². The maximum atomic E-state index is 5.42. The van der Waals surface area contributed by atoms with Crippen molar-refractivity contribution in [1.82, 2.24) is 14.9 Å². The number of methoxy groups -OCH3 is 2. The Balaban J connectivity index is 1.74. The molecule has 0 unspecified atom stereocenters. The summed E-state index contributed by atoms with van der Waals surface area (Å²) in [5.74, 6) is 2.93. The van der Waals surface area contributed by atoms with Crippen molar-refractivity contribution >= 4 is 17.5 Å². The van der Waals surface area contributed by atoms with Crippen molar-refractivity contribution in [3.05, 3.63) is 30.5 Å². The molecule has 1 aliphatic rings. The number of hydrogen-bond donors (Lipinski definition) is 1. The zero-order valence-electron chi connectivity index (χ0n) is 15.0. The van der Waals surface area contributed by atoms with E-state index < -0.39 is 0 Å². The van der Waals surface area contributed by atoms with E-state index in [9.17, 15) is 0 Å². The van der Waals surface area contributed by atoms with Gasteiger partial charge in [0.2, 0.25) is 5.95 Å². The zero-order chi connectivity index (χ0) is 17.6. The molecule has 0 aliphatic carbocycles. The molecular weight excluding hydrogens is 318 g/mol. The van der Waals surface area contributed by atoms with Gasteiger partial charge in [-0.25, -0.2) is 4.98 Å². The number of nitrogens with zero attached hydrogens (tertiary/aromatic N) is 4. The predicted octanol–water partition coefficient (Wildman–Crippen LogP) is 2.38. The van der Waals surface area contributed by atoms with E-state index >= 15 is 0 Å². The van der Waals surface area contributed by atoms with Crippen LogP contribution in [0.4, 0.5) is 17.5 Å². The smallest absolute Gasteiger partial charge is 0.229 e. The second-order valence-corrected chi connectivity index (χ2v) is 5.85. The first-order valence-corrected chi connectivity index (χ1v) is 8.53. The molecule has 2 heterocycles. The normalized spacial score (nSPS) is 15.1. The van der Waals surface area contributed by atoms with Crippen LogP contribution in [0.15, 0.2) is 30.5 Å². The highest BCUT2D eigenvalue weighted by molar-refractivity contribution is 5.65. The van der Waals surface area contributed by atoms with Crippen LogP contribution in [0.5, 0.6) is 11.5 Å². The molecule has 0 saturated carbocycles. The van der Waals surface area contributed by atoms with Crippen molar-refractivity contribution < 1.29 is 9.47 Å². The van der Waals surface area contributed by atoms with Crippen LogP contribution in [0.25, 0.3) is 0 Å². The summed E-state index contributed by atoms with van der Waals surface area (Å²) in [6, 6.07) is 7.56. The first kappa shape index (κ1) is 17.3. The number of rotatable bonds is 6. The summed E-state index contributed by atoms with van der Waals surface area (Å²) in [4.78, 5) is 13.7. The molecule has 0 spiro atoms. The lowest BCUT2D eigenvalue weighted by atomic mass is 10.2. The molecule has 7 nitrogen and oxygen atoms in total. The van der Waals surface area contributed by atoms with Gasteiger partial charge >= 0.3 is 0 Å². The van der Waals surface area contributed by atoms with Crippen LogP contribution in [0.2, 0.25) is 0 Å². The van der Waals surface area contributed by atoms with Crippen molar-refractivity contribution in [3.63, 3.8) is 0 Å². The van der Waals surface area contributed by atoms with E-state index in [-0.39, 0.29) is 0 Å². The average Bonchev–Trinajstić information content (AvgIpc) is 2.68. The van der Waals surface area contributed by atoms with Crippen LogP contribution in [-0.2, 0) is 0 Å². The molecule has 1 saturated heterocycles. The Bertz CT molecular complexity index is 702. The lowest BCUT2D eigenvalue weighted by Gasteiger charge is -2.34. The monoisotopic (exact) mass is 343 g/mol. The Morgan fingerprint density at radius 2 is 1.88 bits per heavy atom. The van der Waals surface area contributed by atoms with Gasteiger partial charge in [0.05, 0.1) is 19.9 Å². The fourth-order valence-electron chi connectivity index (χ4n) is 2.90. The Labute approximate surface area is 148 Å². The zero-order valence-corrected chi connectivity index (χ0v) is 15.0. The highest BCUT2D eigenvalue weighted by Crippen LogP contribution is 2.30. The van der Waals surface area contributed by atoms with Crippen molar-refractivity contribution in [2.75, 3.05) is 57.2 Å². The number of piperazine rings is 1. The van der Waals surface area contributed by atoms with E-state index in [4.69, 9.17) is 9.47 Å². The number of nitrogens with one attached hydrogen (secondary N) is 1. The number of benzene rings is 1. The fourth-order valence-corrected chi connectivity index (χ4v) is 2.90. The molecule has 3 rings (SSSR count). The number of hydrogen-bond acceptors (Lipinski definition) is 7. The van der Waals surface area contributed by atoms with Gasteiger partial charge in [-0.3, -0.25) is 0 Å². The molecule has 1 aromatic heterocycles. The van der Waals surface area contributed by atoms with Gasteiger partial charge in [-0.1, -0.05) is 6.92 Å². The molecule has 7 heteroatoms. The SMILES string of the molecule is CCN1CCN(c2ccnc(Nc3ccc(OC)cc3OC)n2)CC1. The predicted molar refractivity (Wildman–Crippen MR) is 99.2 cm³/mol. The first-order valence-electron chi connectivity index (χ1n) is 8.53. The molecule has 134 valence electrons. The Morgan fingerprint density at radius 3 is 2.56 bits per heavy atom. The molecule has 25 heavy (non-hydrogen) atoms. The maximum Gasteiger partial charge on any atom is 0.229 e. The van der Waals surface area contributed by atoms with Crippen LogP contribution < -0.4 is 19.7 Å². The van der Waals surface area contributed by atoms with Crippen LogP contribution in [0.1, 0.15) is 6.92 Å². The molecule has 0 bridgehead atoms. The van der Waals surface area contributed by atoms with Gasteiger partial charge in [-0.15, -0.1) is 0 Å². The van der Waals surface area contributed by atoms with Crippen molar-refractivity contribution in [3.8, 4) is 11.5 Å². The van der Waals surface area contributed by atoms with Gasteiger partial charge in [0.1, 0.15) is 17.3 Å². The Kier molecular flexibility index (Phi) is 5.55. The van der Waals surface area contributed by atoms with Gasteiger partial charge in [-0.05, 0) is 24.7 Å². The molecule has 2 aromatic rings. The number of ether oxygens (including phenoxy) is 2. The van der Waals surface area contributed by atoms with Crippen LogP contribution in [0, 0.1) is 0 Å². The minimum Gasteiger partial charge on any atom is -0.497 e. The summed E-state index contributed by atoms with van der Waals surface area (Å²) >= 11 is 0. The Hall–Kier alpha value is -2.54. The van der Waals surface area contributed by atoms with Gasteiger partial charge in [0, 0.05) is 38.4 Å². The first-order chi connectivity index (χ1) is 12.2. The van der Waals surface area contributed by atoms with Gasteiger partial charge in [0.25, 0.3) is 0 Å². The number of anilines is 3. The molecule has 1 aliphatic heterocycles. The quantitative estimate of drug-likeness (QED) is 0.864. The standard InChI is InChI=1S/C18H25N5O2/c1-4-22-9-11-23(12-10-22)17-7-8-19-18(21-17)20-15-6-5-14(24-2)13-16(15)25-3/h5-8,13H,4,9-12H2,1-3H3,(H,19,20,21). The van der Waals surface area contributed by atoms with E-state index in [0.29, 0.717) is 11.7 Å². The van der Waals surface area contributed by atoms with Crippen LogP contribution >= 0.6 is 0 Å². The molecule has 1 N–H and O–H groups in total. The lowest BCUT2D eigenvalue weighted by Crippen LogP contribution is -2.46. The molecule has 0 atom stereocenters. The van der Waals surface area contributed by atoms with Crippen LogP contribution in [-0.4, -0.2) is 61.8 Å². The average molecular weight is 343 g/mol. The van der Waals surface area contributed by atoms with E-state index in [1.54, 1.807) is 20.4 Å². The summed E-state index contributed by atoms with van der Waals surface area (Å²) in [7, 11) is 3.26. The molecule has 1 fully saturated rings. The molecule has 0 radical (unpaired) electrons. The number of likely N-dealkylation sites (N-methyl/N-ethyl adjacent to an activating group) is 1. The third kappa shape index (κ3) is 4.11. The molecule has 1 aromatic carbocycles. The molecular formula is C18H25N5O2. The summed E-state index contributed by atoms with van der Waals surface area (Å²) in [6.07, 6.45) is 1.78. The minimum atomic E-state index is 0.555. The summed E-state index contributed by atoms with van der Waals surface area (Å²) in [6.45, 7) is 7.39. The summed E-state index contributed by atoms with van der Waals surface area (Å²) < 4.78 is 10.6. The molecule has 0 amide bonds. The van der Waals surface area contributed by atoms with Crippen molar-refractivity contribution in [2.24, 2.45) is 0 Å². The second-order valence-electron chi connectivity index (χ2n) is 5.85. The Morgan fingerprint density at radius 1 is 1.08 bits per heavy atom. The van der Waals surface area contributed by atoms with Gasteiger partial charge in [-0.2, -0.15) is 4.98 Å². The maximum absolute atomic E-state index is 5.42. The lowest BCUT2D eigenvalue weighted by molar-refractivity contribution is 0.270. The third-order valence-corrected chi connectivity index (χ3v) is 4.44. The summed E-state index contributed by atoms with van der Waals surface area (Å²) in [5, 5.41) is 3.23. The third-order valence-electron chi connectivity index (χ3n) is 4.44. The summed E-state index contributed by atoms with van der Waals surface area (Å²) in [5.41, 5.74) is 0.802. The van der Waals surface area contributed by atoms with Gasteiger partial charge < -0.3 is 24.6 Å². The van der Waals surface area contributed by atoms with Crippen molar-refractivity contribution in [1.29, 1.82) is 0 Å². The highest BCUT2D eigenvalue weighted by Gasteiger charge is 2.17. The number of aromatic nitrogens is 2. The minimum absolute atomic E-state index is 0.555. The topological polar surface area (TPSA) is 62.8 Å². The van der Waals surface area contributed by atoms with E-state index in [2.05, 4.69) is 32.0 Å². The second kappa shape index (κ2) is 8.02. The van der Waals surface area contributed by atoms with Crippen LogP contribution in [0.3, 0.4) is 0 Å². The van der Waals surface area contributed by atoms with E-state index in [1.807, 2.05) is 24.3 Å². The largest absolute Gasteiger partial charge is 0.497 e.